The standard InChI is InChI=1S/C23H24N2O4S.CH4/c1-2-3-6-21-24-14-19(12-18(23(28)29)13-20-5-4-11-30-20)25(21)15-16-7-9-17(10-8-16)22(26)27;/h4-5,7-12,14H,2-3,6,13,15H2,1H3,(H,26,27)(H,28,29);1H4/b18-12+;. The van der Waals surface area contributed by atoms with E-state index in [1.54, 1.807) is 36.5 Å². The van der Waals surface area contributed by atoms with Crippen LogP contribution >= 0.6 is 11.3 Å². The summed E-state index contributed by atoms with van der Waals surface area (Å²) in [5.41, 5.74) is 2.21. The molecule has 2 N–H and O–H groups in total. The molecule has 3 rings (SSSR count). The van der Waals surface area contributed by atoms with Gasteiger partial charge in [0.1, 0.15) is 5.82 Å². The Morgan fingerprint density at radius 2 is 1.90 bits per heavy atom. The fourth-order valence-electron chi connectivity index (χ4n) is 3.16. The lowest BCUT2D eigenvalue weighted by atomic mass is 10.1. The fraction of sp³-hybridized carbons (Fsp3) is 0.292. The summed E-state index contributed by atoms with van der Waals surface area (Å²) in [4.78, 5) is 28.5. The minimum absolute atomic E-state index is 0. The van der Waals surface area contributed by atoms with Crippen LogP contribution in [0.5, 0.6) is 0 Å². The van der Waals surface area contributed by atoms with Crippen LogP contribution in [0.4, 0.5) is 0 Å². The molecule has 0 atom stereocenters. The number of carboxylic acids is 2. The van der Waals surface area contributed by atoms with E-state index in [1.165, 1.54) is 11.3 Å². The smallest absolute Gasteiger partial charge is 0.335 e. The van der Waals surface area contributed by atoms with Gasteiger partial charge in [0, 0.05) is 29.8 Å². The van der Waals surface area contributed by atoms with Crippen molar-refractivity contribution >= 4 is 29.4 Å². The maximum Gasteiger partial charge on any atom is 0.335 e. The number of unbranched alkanes of at least 4 members (excludes halogenated alkanes) is 1. The zero-order valence-corrected chi connectivity index (χ0v) is 17.6. The first-order valence-corrected chi connectivity index (χ1v) is 10.7. The van der Waals surface area contributed by atoms with Gasteiger partial charge in [-0.1, -0.05) is 39.0 Å². The third-order valence-electron chi connectivity index (χ3n) is 4.81. The van der Waals surface area contributed by atoms with Gasteiger partial charge >= 0.3 is 11.9 Å². The van der Waals surface area contributed by atoms with E-state index in [2.05, 4.69) is 11.9 Å². The minimum Gasteiger partial charge on any atom is -0.478 e. The Morgan fingerprint density at radius 3 is 2.48 bits per heavy atom. The average molecular weight is 441 g/mol. The molecule has 0 aliphatic rings. The molecule has 0 saturated heterocycles. The van der Waals surface area contributed by atoms with Crippen molar-refractivity contribution in [3.8, 4) is 0 Å². The predicted octanol–water partition coefficient (Wildman–Crippen LogP) is 5.38. The van der Waals surface area contributed by atoms with E-state index in [0.717, 1.165) is 41.2 Å². The lowest BCUT2D eigenvalue weighted by Gasteiger charge is -2.12. The van der Waals surface area contributed by atoms with Crippen LogP contribution < -0.4 is 0 Å². The summed E-state index contributed by atoms with van der Waals surface area (Å²) in [6, 6.07) is 10.6. The molecule has 164 valence electrons. The van der Waals surface area contributed by atoms with Crippen LogP contribution in [0.25, 0.3) is 6.08 Å². The first-order valence-electron chi connectivity index (χ1n) is 9.80. The molecule has 0 aliphatic carbocycles. The molecule has 0 fully saturated rings. The van der Waals surface area contributed by atoms with Gasteiger partial charge in [0.05, 0.1) is 17.5 Å². The van der Waals surface area contributed by atoms with Gasteiger partial charge in [-0.15, -0.1) is 11.3 Å². The van der Waals surface area contributed by atoms with E-state index < -0.39 is 11.9 Å². The molecular weight excluding hydrogens is 412 g/mol. The van der Waals surface area contributed by atoms with Crippen molar-refractivity contribution < 1.29 is 19.8 Å². The molecule has 2 aromatic heterocycles. The largest absolute Gasteiger partial charge is 0.478 e. The molecule has 2 heterocycles. The van der Waals surface area contributed by atoms with Crippen LogP contribution in [0.3, 0.4) is 0 Å². The van der Waals surface area contributed by atoms with Crippen LogP contribution in [0.1, 0.15) is 59.5 Å². The van der Waals surface area contributed by atoms with Gasteiger partial charge in [0.25, 0.3) is 0 Å². The Hall–Kier alpha value is -3.19. The van der Waals surface area contributed by atoms with Gasteiger partial charge in [0.15, 0.2) is 0 Å². The Kier molecular flexibility index (Phi) is 8.75. The molecule has 0 bridgehead atoms. The zero-order chi connectivity index (χ0) is 21.5. The first kappa shape index (κ1) is 24.1. The van der Waals surface area contributed by atoms with E-state index in [0.29, 0.717) is 18.5 Å². The minimum atomic E-state index is -0.962. The molecule has 0 radical (unpaired) electrons. The summed E-state index contributed by atoms with van der Waals surface area (Å²) in [6.07, 6.45) is 6.58. The number of thiophene rings is 1. The van der Waals surface area contributed by atoms with Crippen molar-refractivity contribution in [3.05, 3.63) is 81.1 Å². The van der Waals surface area contributed by atoms with Crippen molar-refractivity contribution in [2.45, 2.75) is 46.6 Å². The monoisotopic (exact) mass is 440 g/mol. The number of carboxylic acid groups (broad SMARTS) is 2. The number of benzene rings is 1. The van der Waals surface area contributed by atoms with Crippen molar-refractivity contribution in [3.63, 3.8) is 0 Å². The fourth-order valence-corrected chi connectivity index (χ4v) is 3.89. The normalized spacial score (nSPS) is 11.2. The molecule has 6 nitrogen and oxygen atoms in total. The van der Waals surface area contributed by atoms with Crippen LogP contribution in [-0.4, -0.2) is 31.7 Å². The van der Waals surface area contributed by atoms with Gasteiger partial charge in [0.2, 0.25) is 0 Å². The van der Waals surface area contributed by atoms with Gasteiger partial charge in [-0.2, -0.15) is 0 Å². The number of carbonyl (C=O) groups is 2. The highest BCUT2D eigenvalue weighted by Gasteiger charge is 2.14. The number of aromatic carboxylic acids is 1. The molecule has 0 spiro atoms. The number of hydrogen-bond donors (Lipinski definition) is 2. The van der Waals surface area contributed by atoms with Crippen molar-refractivity contribution in [2.75, 3.05) is 0 Å². The average Bonchev–Trinajstić information content (AvgIpc) is 3.37. The molecule has 7 heteroatoms. The van der Waals surface area contributed by atoms with Gasteiger partial charge in [-0.05, 0) is 41.6 Å². The summed E-state index contributed by atoms with van der Waals surface area (Å²) in [5.74, 6) is -1.01. The maximum absolute atomic E-state index is 11.8. The Labute approximate surface area is 186 Å². The van der Waals surface area contributed by atoms with Crippen LogP contribution in [-0.2, 0) is 24.2 Å². The van der Waals surface area contributed by atoms with Crippen LogP contribution in [0.2, 0.25) is 0 Å². The van der Waals surface area contributed by atoms with E-state index in [4.69, 9.17) is 5.11 Å². The molecule has 3 aromatic rings. The number of aliphatic carboxylic acids is 1. The number of nitrogens with zero attached hydrogens (tertiary/aromatic N) is 2. The second-order valence-electron chi connectivity index (χ2n) is 7.02. The Morgan fingerprint density at radius 1 is 1.16 bits per heavy atom. The SMILES string of the molecule is C.CCCCc1ncc(/C=C(\Cc2cccs2)C(=O)O)n1Cc1ccc(C(=O)O)cc1. The summed E-state index contributed by atoms with van der Waals surface area (Å²) in [6.45, 7) is 2.61. The Bertz CT molecular complexity index is 1030. The Balaban J connectivity index is 0.00000341. The molecule has 1 aromatic carbocycles. The molecule has 0 amide bonds. The van der Waals surface area contributed by atoms with Crippen LogP contribution in [0.15, 0.2) is 53.5 Å². The van der Waals surface area contributed by atoms with Crippen LogP contribution in [0, 0.1) is 0 Å². The number of aromatic nitrogens is 2. The highest BCUT2D eigenvalue weighted by molar-refractivity contribution is 7.09. The van der Waals surface area contributed by atoms with E-state index in [-0.39, 0.29) is 13.0 Å². The number of imidazole rings is 1. The maximum atomic E-state index is 11.8. The summed E-state index contributed by atoms with van der Waals surface area (Å²) >= 11 is 1.53. The number of rotatable bonds is 10. The van der Waals surface area contributed by atoms with Gasteiger partial charge in [-0.3, -0.25) is 0 Å². The van der Waals surface area contributed by atoms with E-state index in [1.807, 2.05) is 22.1 Å². The third kappa shape index (κ3) is 6.39. The highest BCUT2D eigenvalue weighted by atomic mass is 32.1. The van der Waals surface area contributed by atoms with Gasteiger partial charge < -0.3 is 14.8 Å². The second kappa shape index (κ2) is 11.3. The second-order valence-corrected chi connectivity index (χ2v) is 8.05. The quantitative estimate of drug-likeness (QED) is 0.413. The van der Waals surface area contributed by atoms with Crippen molar-refractivity contribution in [1.82, 2.24) is 9.55 Å². The van der Waals surface area contributed by atoms with E-state index in [9.17, 15) is 14.7 Å². The molecule has 0 unspecified atom stereocenters. The lowest BCUT2D eigenvalue weighted by molar-refractivity contribution is -0.132. The van der Waals surface area contributed by atoms with Crippen molar-refractivity contribution in [1.29, 1.82) is 0 Å². The highest BCUT2D eigenvalue weighted by Crippen LogP contribution is 2.20. The first-order chi connectivity index (χ1) is 14.5. The molecular formula is C24H28N2O4S. The van der Waals surface area contributed by atoms with Crippen molar-refractivity contribution in [2.24, 2.45) is 0 Å². The lowest BCUT2D eigenvalue weighted by Crippen LogP contribution is -2.09. The van der Waals surface area contributed by atoms with E-state index >= 15 is 0 Å². The summed E-state index contributed by atoms with van der Waals surface area (Å²) in [5, 5.41) is 20.7. The topological polar surface area (TPSA) is 92.4 Å². The number of hydrogen-bond acceptors (Lipinski definition) is 4. The summed E-state index contributed by atoms with van der Waals surface area (Å²) < 4.78 is 2.02. The molecule has 0 aliphatic heterocycles. The van der Waals surface area contributed by atoms with Gasteiger partial charge in [-0.25, -0.2) is 14.6 Å². The summed E-state index contributed by atoms with van der Waals surface area (Å²) in [7, 11) is 0. The molecule has 0 saturated carbocycles. The zero-order valence-electron chi connectivity index (χ0n) is 16.7. The molecule has 31 heavy (non-hydrogen) atoms. The predicted molar refractivity (Wildman–Crippen MR) is 124 cm³/mol. The number of aryl methyl sites for hydroxylation is 1. The third-order valence-corrected chi connectivity index (χ3v) is 5.68.